The lowest BCUT2D eigenvalue weighted by atomic mass is 10.1. The van der Waals surface area contributed by atoms with Crippen molar-refractivity contribution >= 4 is 33.8 Å². The van der Waals surface area contributed by atoms with E-state index in [9.17, 15) is 10.1 Å². The molecular formula is C18H18ClN3OS. The summed E-state index contributed by atoms with van der Waals surface area (Å²) in [4.78, 5) is 15.5. The Bertz CT molecular complexity index is 809. The number of rotatable bonds is 5. The second-order valence-corrected chi connectivity index (χ2v) is 7.57. The summed E-state index contributed by atoms with van der Waals surface area (Å²) < 4.78 is 0. The number of aryl methyl sites for hydroxylation is 1. The van der Waals surface area contributed by atoms with E-state index in [1.165, 1.54) is 4.88 Å². The molecular weight excluding hydrogens is 342 g/mol. The van der Waals surface area contributed by atoms with Crippen LogP contribution in [0.5, 0.6) is 0 Å². The molecule has 0 unspecified atom stereocenters. The topological polar surface area (TPSA) is 56.1 Å². The van der Waals surface area contributed by atoms with Gasteiger partial charge in [-0.15, -0.1) is 11.3 Å². The molecule has 0 radical (unpaired) electrons. The van der Waals surface area contributed by atoms with Crippen LogP contribution < -0.4 is 5.32 Å². The highest BCUT2D eigenvalue weighted by Crippen LogP contribution is 2.38. The summed E-state index contributed by atoms with van der Waals surface area (Å²) in [5, 5.41) is 13.7. The summed E-state index contributed by atoms with van der Waals surface area (Å²) >= 11 is 7.53. The first-order valence-electron chi connectivity index (χ1n) is 7.84. The minimum absolute atomic E-state index is 0.101. The van der Waals surface area contributed by atoms with Gasteiger partial charge in [0.25, 0.3) is 0 Å². The number of carbonyl (C=O) groups excluding carboxylic acids is 1. The summed E-state index contributed by atoms with van der Waals surface area (Å²) in [7, 11) is 1.89. The minimum atomic E-state index is -0.101. The molecule has 4 nitrogen and oxygen atoms in total. The Kier molecular flexibility index (Phi) is 5.20. The summed E-state index contributed by atoms with van der Waals surface area (Å²) in [6.07, 6.45) is 3.06. The maximum absolute atomic E-state index is 12.3. The normalized spacial score (nSPS) is 12.9. The summed E-state index contributed by atoms with van der Waals surface area (Å²) in [5.41, 5.74) is 2.84. The van der Waals surface area contributed by atoms with Crippen LogP contribution in [0.25, 0.3) is 0 Å². The van der Waals surface area contributed by atoms with Crippen molar-refractivity contribution in [2.24, 2.45) is 0 Å². The quantitative estimate of drug-likeness (QED) is 0.882. The third-order valence-electron chi connectivity index (χ3n) is 4.04. The standard InChI is InChI=1S/C18H18ClN3OS/c1-22(10-12-4-2-5-13(19)8-12)11-17(23)21-18-15(9-20)14-6-3-7-16(14)24-18/h2,4-5,8H,3,6-7,10-11H2,1H3,(H,21,23). The number of nitrogens with one attached hydrogen (secondary N) is 1. The Hall–Kier alpha value is -1.87. The zero-order chi connectivity index (χ0) is 17.1. The predicted molar refractivity (Wildman–Crippen MR) is 97.5 cm³/mol. The Morgan fingerprint density at radius 2 is 2.29 bits per heavy atom. The second kappa shape index (κ2) is 7.35. The highest BCUT2D eigenvalue weighted by atomic mass is 35.5. The van der Waals surface area contributed by atoms with E-state index < -0.39 is 0 Å². The molecule has 0 saturated heterocycles. The Morgan fingerprint density at radius 3 is 3.04 bits per heavy atom. The fourth-order valence-electron chi connectivity index (χ4n) is 3.02. The van der Waals surface area contributed by atoms with Gasteiger partial charge >= 0.3 is 0 Å². The van der Waals surface area contributed by atoms with E-state index in [4.69, 9.17) is 11.6 Å². The molecule has 1 aliphatic carbocycles. The van der Waals surface area contributed by atoms with Crippen molar-refractivity contribution in [2.45, 2.75) is 25.8 Å². The first-order valence-corrected chi connectivity index (χ1v) is 9.03. The van der Waals surface area contributed by atoms with Crippen LogP contribution in [0.1, 0.15) is 28.0 Å². The molecule has 0 spiro atoms. The largest absolute Gasteiger partial charge is 0.315 e. The van der Waals surface area contributed by atoms with Crippen molar-refractivity contribution in [3.8, 4) is 6.07 Å². The summed E-state index contributed by atoms with van der Waals surface area (Å²) in [6, 6.07) is 9.86. The van der Waals surface area contributed by atoms with Crippen LogP contribution in [0.2, 0.25) is 5.02 Å². The number of carbonyl (C=O) groups is 1. The lowest BCUT2D eigenvalue weighted by Crippen LogP contribution is -2.29. The number of anilines is 1. The third kappa shape index (κ3) is 3.78. The molecule has 0 saturated carbocycles. The summed E-state index contributed by atoms with van der Waals surface area (Å²) in [6.45, 7) is 0.903. The van der Waals surface area contributed by atoms with Gasteiger partial charge in [-0.1, -0.05) is 23.7 Å². The number of likely N-dealkylation sites (N-methyl/N-ethyl adjacent to an activating group) is 1. The van der Waals surface area contributed by atoms with E-state index in [0.717, 1.165) is 30.4 Å². The highest BCUT2D eigenvalue weighted by Gasteiger charge is 2.23. The lowest BCUT2D eigenvalue weighted by Gasteiger charge is -2.16. The van der Waals surface area contributed by atoms with Gasteiger partial charge in [0.1, 0.15) is 11.1 Å². The monoisotopic (exact) mass is 359 g/mol. The van der Waals surface area contributed by atoms with E-state index >= 15 is 0 Å². The van der Waals surface area contributed by atoms with Gasteiger partial charge in [-0.3, -0.25) is 9.69 Å². The number of hydrogen-bond acceptors (Lipinski definition) is 4. The molecule has 0 fully saturated rings. The third-order valence-corrected chi connectivity index (χ3v) is 5.48. The highest BCUT2D eigenvalue weighted by molar-refractivity contribution is 7.16. The Labute approximate surface area is 150 Å². The van der Waals surface area contributed by atoms with Gasteiger partial charge in [0.2, 0.25) is 5.91 Å². The van der Waals surface area contributed by atoms with Crippen LogP contribution >= 0.6 is 22.9 Å². The summed E-state index contributed by atoms with van der Waals surface area (Å²) in [5.74, 6) is -0.101. The zero-order valence-electron chi connectivity index (χ0n) is 13.4. The van der Waals surface area contributed by atoms with Gasteiger partial charge in [0.05, 0.1) is 12.1 Å². The van der Waals surface area contributed by atoms with E-state index in [1.807, 2.05) is 36.2 Å². The lowest BCUT2D eigenvalue weighted by molar-refractivity contribution is -0.117. The molecule has 0 bridgehead atoms. The van der Waals surface area contributed by atoms with Crippen LogP contribution in [0.4, 0.5) is 5.00 Å². The number of fused-ring (bicyclic) bond motifs is 1. The minimum Gasteiger partial charge on any atom is -0.315 e. The van der Waals surface area contributed by atoms with Gasteiger partial charge in [-0.05, 0) is 49.6 Å². The second-order valence-electron chi connectivity index (χ2n) is 6.02. The molecule has 1 amide bonds. The van der Waals surface area contributed by atoms with Crippen molar-refractivity contribution in [2.75, 3.05) is 18.9 Å². The van der Waals surface area contributed by atoms with Gasteiger partial charge in [0, 0.05) is 16.4 Å². The number of halogens is 1. The smallest absolute Gasteiger partial charge is 0.239 e. The predicted octanol–water partition coefficient (Wildman–Crippen LogP) is 3.83. The van der Waals surface area contributed by atoms with Crippen LogP contribution in [-0.2, 0) is 24.2 Å². The van der Waals surface area contributed by atoms with Crippen LogP contribution in [0.15, 0.2) is 24.3 Å². The molecule has 1 aromatic carbocycles. The van der Waals surface area contributed by atoms with E-state index in [1.54, 1.807) is 11.3 Å². The molecule has 1 heterocycles. The number of thiophene rings is 1. The van der Waals surface area contributed by atoms with Crippen molar-refractivity contribution in [1.82, 2.24) is 4.90 Å². The van der Waals surface area contributed by atoms with E-state index in [0.29, 0.717) is 22.1 Å². The van der Waals surface area contributed by atoms with Gasteiger partial charge in [-0.25, -0.2) is 0 Å². The molecule has 1 aromatic heterocycles. The fourth-order valence-corrected chi connectivity index (χ4v) is 4.49. The average molecular weight is 360 g/mol. The number of amides is 1. The number of nitrogens with zero attached hydrogens (tertiary/aromatic N) is 2. The molecule has 124 valence electrons. The first-order chi connectivity index (χ1) is 11.6. The van der Waals surface area contributed by atoms with Crippen LogP contribution in [0.3, 0.4) is 0 Å². The number of benzene rings is 1. The van der Waals surface area contributed by atoms with Gasteiger partial charge in [-0.2, -0.15) is 5.26 Å². The maximum Gasteiger partial charge on any atom is 0.239 e. The van der Waals surface area contributed by atoms with Crippen molar-refractivity contribution in [1.29, 1.82) is 5.26 Å². The fraction of sp³-hybridized carbons (Fsp3) is 0.333. The molecule has 2 aromatic rings. The van der Waals surface area contributed by atoms with Gasteiger partial charge in [0.15, 0.2) is 0 Å². The SMILES string of the molecule is CN(CC(=O)Nc1sc2c(c1C#N)CCC2)Cc1cccc(Cl)c1. The zero-order valence-corrected chi connectivity index (χ0v) is 15.0. The van der Waals surface area contributed by atoms with Crippen LogP contribution in [0, 0.1) is 11.3 Å². The van der Waals surface area contributed by atoms with E-state index in [-0.39, 0.29) is 12.5 Å². The molecule has 1 aliphatic rings. The molecule has 0 atom stereocenters. The Balaban J connectivity index is 1.61. The van der Waals surface area contributed by atoms with E-state index in [2.05, 4.69) is 11.4 Å². The number of nitriles is 1. The molecule has 0 aliphatic heterocycles. The number of hydrogen-bond donors (Lipinski definition) is 1. The maximum atomic E-state index is 12.3. The molecule has 6 heteroatoms. The van der Waals surface area contributed by atoms with Crippen molar-refractivity contribution in [3.63, 3.8) is 0 Å². The van der Waals surface area contributed by atoms with Crippen molar-refractivity contribution in [3.05, 3.63) is 50.9 Å². The molecule has 3 rings (SSSR count). The first kappa shape index (κ1) is 17.0. The average Bonchev–Trinajstić information content (AvgIpc) is 3.07. The molecule has 1 N–H and O–H groups in total. The molecule has 24 heavy (non-hydrogen) atoms. The van der Waals surface area contributed by atoms with Gasteiger partial charge < -0.3 is 5.32 Å². The van der Waals surface area contributed by atoms with Crippen LogP contribution in [-0.4, -0.2) is 24.4 Å². The van der Waals surface area contributed by atoms with Crippen molar-refractivity contribution < 1.29 is 4.79 Å². The Morgan fingerprint density at radius 1 is 1.46 bits per heavy atom.